The first-order chi connectivity index (χ1) is 12.0. The summed E-state index contributed by atoms with van der Waals surface area (Å²) >= 11 is 0. The van der Waals surface area contributed by atoms with Gasteiger partial charge in [-0.05, 0) is 42.5 Å². The van der Waals surface area contributed by atoms with E-state index in [2.05, 4.69) is 10.6 Å². The minimum Gasteiger partial charge on any atom is -0.497 e. The number of anilines is 2. The van der Waals surface area contributed by atoms with E-state index >= 15 is 0 Å². The van der Waals surface area contributed by atoms with E-state index in [9.17, 15) is 14.0 Å². The zero-order valence-electron chi connectivity index (χ0n) is 13.7. The van der Waals surface area contributed by atoms with E-state index in [0.717, 1.165) is 5.69 Å². The lowest BCUT2D eigenvalue weighted by atomic mass is 10.2. The highest BCUT2D eigenvalue weighted by atomic mass is 19.1. The zero-order valence-corrected chi connectivity index (χ0v) is 13.7. The van der Waals surface area contributed by atoms with Crippen molar-refractivity contribution in [2.75, 3.05) is 23.9 Å². The van der Waals surface area contributed by atoms with Crippen molar-refractivity contribution < 1.29 is 18.7 Å². The normalized spacial score (nSPS) is 16.6. The monoisotopic (exact) mass is 343 g/mol. The van der Waals surface area contributed by atoms with Crippen LogP contribution in [0.1, 0.15) is 6.42 Å². The van der Waals surface area contributed by atoms with Gasteiger partial charge in [0.25, 0.3) is 0 Å². The van der Waals surface area contributed by atoms with Crippen LogP contribution in [0.2, 0.25) is 0 Å². The summed E-state index contributed by atoms with van der Waals surface area (Å²) in [5.74, 6) is 0.209. The number of ether oxygens (including phenoxy) is 1. The number of hydrogen-bond donors (Lipinski definition) is 2. The predicted molar refractivity (Wildman–Crippen MR) is 92.3 cm³/mol. The topological polar surface area (TPSA) is 70.7 Å². The van der Waals surface area contributed by atoms with E-state index in [1.165, 1.54) is 18.2 Å². The lowest BCUT2D eigenvalue weighted by molar-refractivity contribution is -0.117. The molecule has 1 aliphatic rings. The van der Waals surface area contributed by atoms with Gasteiger partial charge in [0, 0.05) is 24.3 Å². The number of urea groups is 1. The van der Waals surface area contributed by atoms with Crippen LogP contribution < -0.4 is 20.3 Å². The summed E-state index contributed by atoms with van der Waals surface area (Å²) in [5, 5.41) is 5.30. The Bertz CT molecular complexity index is 779. The standard InChI is InChI=1S/C18H18FN3O3/c1-25-16-7-5-15(6-8-16)22-11-14(10-17(22)23)21-18(24)20-13-4-2-3-12(19)9-13/h2-9,14H,10-11H2,1H3,(H2,20,21,24)/t14-/m0/s1. The number of rotatable bonds is 4. The van der Waals surface area contributed by atoms with Crippen LogP contribution in [0.25, 0.3) is 0 Å². The Morgan fingerprint density at radius 3 is 2.68 bits per heavy atom. The van der Waals surface area contributed by atoms with E-state index in [1.807, 2.05) is 0 Å². The number of halogens is 1. The Morgan fingerprint density at radius 2 is 2.00 bits per heavy atom. The number of nitrogens with one attached hydrogen (secondary N) is 2. The number of benzene rings is 2. The second-order valence-corrected chi connectivity index (χ2v) is 5.71. The Hall–Kier alpha value is -3.09. The molecule has 0 aliphatic carbocycles. The van der Waals surface area contributed by atoms with E-state index in [4.69, 9.17) is 4.74 Å². The molecule has 1 atom stereocenters. The van der Waals surface area contributed by atoms with Gasteiger partial charge in [0.05, 0.1) is 13.2 Å². The highest BCUT2D eigenvalue weighted by Gasteiger charge is 2.31. The fourth-order valence-electron chi connectivity index (χ4n) is 2.73. The lowest BCUT2D eigenvalue weighted by Crippen LogP contribution is -2.39. The third-order valence-electron chi connectivity index (χ3n) is 3.93. The molecule has 3 amide bonds. The van der Waals surface area contributed by atoms with Crippen LogP contribution >= 0.6 is 0 Å². The number of carbonyl (C=O) groups excluding carboxylic acids is 2. The molecule has 0 unspecified atom stereocenters. The minimum atomic E-state index is -0.472. The average molecular weight is 343 g/mol. The van der Waals surface area contributed by atoms with Crippen molar-refractivity contribution in [2.24, 2.45) is 0 Å². The molecule has 0 spiro atoms. The van der Waals surface area contributed by atoms with E-state index in [0.29, 0.717) is 18.0 Å². The van der Waals surface area contributed by atoms with Gasteiger partial charge >= 0.3 is 6.03 Å². The number of carbonyl (C=O) groups is 2. The zero-order chi connectivity index (χ0) is 17.8. The van der Waals surface area contributed by atoms with Crippen molar-refractivity contribution in [3.8, 4) is 5.75 Å². The lowest BCUT2D eigenvalue weighted by Gasteiger charge is -2.17. The molecule has 3 rings (SSSR count). The molecule has 2 aromatic carbocycles. The van der Waals surface area contributed by atoms with Crippen molar-refractivity contribution in [3.63, 3.8) is 0 Å². The third-order valence-corrected chi connectivity index (χ3v) is 3.93. The van der Waals surface area contributed by atoms with Crippen molar-refractivity contribution in [1.29, 1.82) is 0 Å². The Kier molecular flexibility index (Phi) is 4.83. The van der Waals surface area contributed by atoms with Crippen molar-refractivity contribution in [2.45, 2.75) is 12.5 Å². The number of amides is 3. The molecule has 6 nitrogen and oxygen atoms in total. The van der Waals surface area contributed by atoms with Crippen LogP contribution in [0.4, 0.5) is 20.6 Å². The van der Waals surface area contributed by atoms with Gasteiger partial charge in [-0.1, -0.05) is 6.07 Å². The molecule has 1 heterocycles. The maximum absolute atomic E-state index is 13.1. The summed E-state index contributed by atoms with van der Waals surface area (Å²) in [6.07, 6.45) is 0.211. The van der Waals surface area contributed by atoms with Gasteiger partial charge < -0.3 is 20.3 Å². The Labute approximate surface area is 144 Å². The van der Waals surface area contributed by atoms with Crippen LogP contribution in [0.5, 0.6) is 5.75 Å². The maximum Gasteiger partial charge on any atom is 0.319 e. The third kappa shape index (κ3) is 4.06. The molecule has 0 radical (unpaired) electrons. The minimum absolute atomic E-state index is 0.0683. The molecule has 1 aliphatic heterocycles. The summed E-state index contributed by atoms with van der Waals surface area (Å²) in [6, 6.07) is 12.0. The number of hydrogen-bond acceptors (Lipinski definition) is 3. The average Bonchev–Trinajstić information content (AvgIpc) is 2.95. The predicted octanol–water partition coefficient (Wildman–Crippen LogP) is 2.76. The molecule has 25 heavy (non-hydrogen) atoms. The molecule has 130 valence electrons. The maximum atomic E-state index is 13.1. The van der Waals surface area contributed by atoms with Gasteiger partial charge in [0.1, 0.15) is 11.6 Å². The van der Waals surface area contributed by atoms with Crippen LogP contribution in [0.3, 0.4) is 0 Å². The SMILES string of the molecule is COc1ccc(N2C[C@@H](NC(=O)Nc3cccc(F)c3)CC2=O)cc1. The van der Waals surface area contributed by atoms with Crippen LogP contribution in [0, 0.1) is 5.82 Å². The van der Waals surface area contributed by atoms with E-state index in [-0.39, 0.29) is 18.4 Å². The Morgan fingerprint density at radius 1 is 1.24 bits per heavy atom. The van der Waals surface area contributed by atoms with Gasteiger partial charge in [0.2, 0.25) is 5.91 Å². The summed E-state index contributed by atoms with van der Waals surface area (Å²) in [4.78, 5) is 25.8. The second-order valence-electron chi connectivity index (χ2n) is 5.71. The highest BCUT2D eigenvalue weighted by Crippen LogP contribution is 2.24. The largest absolute Gasteiger partial charge is 0.497 e. The second kappa shape index (κ2) is 7.21. The first-order valence-corrected chi connectivity index (χ1v) is 7.82. The van der Waals surface area contributed by atoms with Crippen molar-refractivity contribution in [1.82, 2.24) is 5.32 Å². The molecule has 7 heteroatoms. The van der Waals surface area contributed by atoms with Gasteiger partial charge in [-0.15, -0.1) is 0 Å². The van der Waals surface area contributed by atoms with Crippen molar-refractivity contribution >= 4 is 23.3 Å². The van der Waals surface area contributed by atoms with Gasteiger partial charge in [-0.2, -0.15) is 0 Å². The molecule has 1 saturated heterocycles. The number of nitrogens with zero attached hydrogens (tertiary/aromatic N) is 1. The summed E-state index contributed by atoms with van der Waals surface area (Å²) in [5.41, 5.74) is 1.11. The van der Waals surface area contributed by atoms with E-state index in [1.54, 1.807) is 42.3 Å². The molecular weight excluding hydrogens is 325 g/mol. The molecule has 1 fully saturated rings. The van der Waals surface area contributed by atoms with E-state index < -0.39 is 11.8 Å². The summed E-state index contributed by atoms with van der Waals surface area (Å²) in [7, 11) is 1.58. The first-order valence-electron chi connectivity index (χ1n) is 7.82. The smallest absolute Gasteiger partial charge is 0.319 e. The fraction of sp³-hybridized carbons (Fsp3) is 0.222. The number of methoxy groups -OCH3 is 1. The molecule has 0 saturated carbocycles. The van der Waals surface area contributed by atoms with Crippen LogP contribution in [-0.4, -0.2) is 31.6 Å². The Balaban J connectivity index is 1.59. The summed E-state index contributed by atoms with van der Waals surface area (Å²) in [6.45, 7) is 0.377. The first kappa shape index (κ1) is 16.8. The molecular formula is C18H18FN3O3. The van der Waals surface area contributed by atoms with Crippen LogP contribution in [-0.2, 0) is 4.79 Å². The van der Waals surface area contributed by atoms with Crippen molar-refractivity contribution in [3.05, 3.63) is 54.3 Å². The van der Waals surface area contributed by atoms with Crippen LogP contribution in [0.15, 0.2) is 48.5 Å². The quantitative estimate of drug-likeness (QED) is 0.897. The molecule has 0 bridgehead atoms. The molecule has 2 N–H and O–H groups in total. The molecule has 2 aromatic rings. The van der Waals surface area contributed by atoms with Gasteiger partial charge in [0.15, 0.2) is 0 Å². The van der Waals surface area contributed by atoms with Gasteiger partial charge in [-0.25, -0.2) is 9.18 Å². The molecule has 0 aromatic heterocycles. The highest BCUT2D eigenvalue weighted by molar-refractivity contribution is 5.97. The summed E-state index contributed by atoms with van der Waals surface area (Å²) < 4.78 is 18.2. The van der Waals surface area contributed by atoms with Gasteiger partial charge in [-0.3, -0.25) is 4.79 Å². The fourth-order valence-corrected chi connectivity index (χ4v) is 2.73.